The van der Waals surface area contributed by atoms with Gasteiger partial charge in [-0.25, -0.2) is 0 Å². The van der Waals surface area contributed by atoms with Crippen molar-refractivity contribution in [2.75, 3.05) is 13.1 Å². The fourth-order valence-corrected chi connectivity index (χ4v) is 2.78. The molecule has 2 rings (SSSR count). The first-order valence-corrected chi connectivity index (χ1v) is 6.76. The highest BCUT2D eigenvalue weighted by Crippen LogP contribution is 2.26. The first-order chi connectivity index (χ1) is 9.90. The van der Waals surface area contributed by atoms with E-state index in [0.29, 0.717) is 11.3 Å². The number of hydrogen-bond donors (Lipinski definition) is 2. The lowest BCUT2D eigenvalue weighted by Gasteiger charge is -2.33. The number of rotatable bonds is 4. The minimum Gasteiger partial charge on any atom is -0.481 e. The Morgan fingerprint density at radius 3 is 2.81 bits per heavy atom. The van der Waals surface area contributed by atoms with Gasteiger partial charge in [-0.1, -0.05) is 11.3 Å². The van der Waals surface area contributed by atoms with Crippen LogP contribution in [0.4, 0.5) is 5.00 Å². The molecule has 2 amide bonds. The van der Waals surface area contributed by atoms with Crippen LogP contribution in [-0.2, 0) is 9.59 Å². The number of piperazine rings is 1. The van der Waals surface area contributed by atoms with Crippen molar-refractivity contribution in [3.8, 4) is 0 Å². The zero-order valence-corrected chi connectivity index (χ0v) is 11.5. The number of amides is 2. The Morgan fingerprint density at radius 2 is 2.24 bits per heavy atom. The number of nitrogens with one attached hydrogen (secondary N) is 1. The van der Waals surface area contributed by atoms with Crippen LogP contribution in [-0.4, -0.2) is 51.8 Å². The molecule has 112 valence electrons. The van der Waals surface area contributed by atoms with E-state index >= 15 is 0 Å². The highest BCUT2D eigenvalue weighted by atomic mass is 32.1. The molecule has 2 N–H and O–H groups in total. The molecular formula is C11H11N3O6S. The van der Waals surface area contributed by atoms with E-state index in [1.807, 2.05) is 0 Å². The fraction of sp³-hybridized carbons (Fsp3) is 0.364. The number of nitrogens with zero attached hydrogens (tertiary/aromatic N) is 2. The van der Waals surface area contributed by atoms with E-state index in [9.17, 15) is 24.5 Å². The maximum Gasteiger partial charge on any atom is 0.324 e. The molecule has 1 saturated heterocycles. The predicted molar refractivity (Wildman–Crippen MR) is 71.1 cm³/mol. The summed E-state index contributed by atoms with van der Waals surface area (Å²) in [4.78, 5) is 46.1. The van der Waals surface area contributed by atoms with Crippen LogP contribution in [0.1, 0.15) is 16.1 Å². The van der Waals surface area contributed by atoms with Gasteiger partial charge in [0.25, 0.3) is 5.91 Å². The van der Waals surface area contributed by atoms with Gasteiger partial charge in [-0.05, 0) is 6.07 Å². The molecule has 2 heterocycles. The van der Waals surface area contributed by atoms with Gasteiger partial charge >= 0.3 is 11.0 Å². The van der Waals surface area contributed by atoms with Crippen molar-refractivity contribution in [2.45, 2.75) is 12.5 Å². The molecule has 1 atom stereocenters. The van der Waals surface area contributed by atoms with Crippen LogP contribution < -0.4 is 5.32 Å². The summed E-state index contributed by atoms with van der Waals surface area (Å²) in [5.74, 6) is -2.32. The zero-order chi connectivity index (χ0) is 15.6. The van der Waals surface area contributed by atoms with Crippen LogP contribution in [0.25, 0.3) is 0 Å². The lowest BCUT2D eigenvalue weighted by Crippen LogP contribution is -2.57. The van der Waals surface area contributed by atoms with E-state index in [1.165, 1.54) is 12.1 Å². The molecular weight excluding hydrogens is 302 g/mol. The average molecular weight is 313 g/mol. The van der Waals surface area contributed by atoms with Crippen molar-refractivity contribution in [1.29, 1.82) is 0 Å². The minimum absolute atomic E-state index is 0.104. The minimum atomic E-state index is -1.20. The Kier molecular flexibility index (Phi) is 4.17. The molecule has 1 aliphatic heterocycles. The van der Waals surface area contributed by atoms with Crippen molar-refractivity contribution < 1.29 is 24.4 Å². The van der Waals surface area contributed by atoms with Crippen molar-refractivity contribution >= 4 is 34.1 Å². The van der Waals surface area contributed by atoms with Gasteiger partial charge in [0.2, 0.25) is 5.91 Å². The number of carboxylic acids is 1. The summed E-state index contributed by atoms with van der Waals surface area (Å²) in [5, 5.41) is 21.8. The van der Waals surface area contributed by atoms with Crippen molar-refractivity contribution in [1.82, 2.24) is 10.2 Å². The molecule has 10 heteroatoms. The van der Waals surface area contributed by atoms with Crippen LogP contribution in [0.3, 0.4) is 0 Å². The number of carbonyl (C=O) groups excluding carboxylic acids is 2. The molecule has 0 radical (unpaired) electrons. The molecule has 21 heavy (non-hydrogen) atoms. The molecule has 1 aromatic heterocycles. The molecule has 0 bridgehead atoms. The summed E-state index contributed by atoms with van der Waals surface area (Å²) in [6.45, 7) is 0.377. The van der Waals surface area contributed by atoms with Gasteiger partial charge in [0.15, 0.2) is 0 Å². The Bertz CT molecular complexity index is 613. The average Bonchev–Trinajstić information content (AvgIpc) is 2.89. The first-order valence-electron chi connectivity index (χ1n) is 5.95. The summed E-state index contributed by atoms with van der Waals surface area (Å²) in [6.07, 6.45) is -0.509. The third kappa shape index (κ3) is 3.16. The van der Waals surface area contributed by atoms with Crippen molar-refractivity contribution in [2.24, 2.45) is 0 Å². The van der Waals surface area contributed by atoms with Gasteiger partial charge in [-0.15, -0.1) is 0 Å². The summed E-state index contributed by atoms with van der Waals surface area (Å²) < 4.78 is 0. The van der Waals surface area contributed by atoms with Crippen LogP contribution in [0.5, 0.6) is 0 Å². The number of nitro groups is 1. The number of carboxylic acid groups (broad SMARTS) is 1. The van der Waals surface area contributed by atoms with Gasteiger partial charge in [0.1, 0.15) is 6.04 Å². The Balaban J connectivity index is 2.23. The van der Waals surface area contributed by atoms with Gasteiger partial charge < -0.3 is 15.3 Å². The van der Waals surface area contributed by atoms with Crippen LogP contribution in [0.2, 0.25) is 0 Å². The molecule has 0 aromatic carbocycles. The van der Waals surface area contributed by atoms with Crippen molar-refractivity contribution in [3.05, 3.63) is 27.1 Å². The molecule has 1 aromatic rings. The highest BCUT2D eigenvalue weighted by Gasteiger charge is 2.35. The highest BCUT2D eigenvalue weighted by molar-refractivity contribution is 7.17. The molecule has 0 aliphatic carbocycles. The van der Waals surface area contributed by atoms with E-state index in [0.717, 1.165) is 4.90 Å². The van der Waals surface area contributed by atoms with Crippen molar-refractivity contribution in [3.63, 3.8) is 0 Å². The second kappa shape index (κ2) is 5.87. The fourth-order valence-electron chi connectivity index (χ4n) is 2.01. The quantitative estimate of drug-likeness (QED) is 0.597. The van der Waals surface area contributed by atoms with E-state index in [1.54, 1.807) is 0 Å². The number of hydrogen-bond acceptors (Lipinski definition) is 6. The predicted octanol–water partition coefficient (Wildman–Crippen LogP) is 0.0716. The summed E-state index contributed by atoms with van der Waals surface area (Å²) >= 11 is 0.695. The van der Waals surface area contributed by atoms with Gasteiger partial charge in [0.05, 0.1) is 16.2 Å². The zero-order valence-electron chi connectivity index (χ0n) is 10.6. The Labute approximate surface area is 122 Å². The number of aliphatic carboxylic acids is 1. The molecule has 1 fully saturated rings. The van der Waals surface area contributed by atoms with Gasteiger partial charge in [-0.3, -0.25) is 24.5 Å². The summed E-state index contributed by atoms with van der Waals surface area (Å²) in [6, 6.07) is 1.40. The third-order valence-corrected chi connectivity index (χ3v) is 3.97. The lowest BCUT2D eigenvalue weighted by atomic mass is 10.1. The molecule has 9 nitrogen and oxygen atoms in total. The standard InChI is InChI=1S/C11H11N3O6S/c15-9(16)5-6-10(17)12-3-4-13(6)11(18)7-1-2-8(21-7)14(19)20/h1-2,6H,3-5H2,(H,12,17)(H,15,16). The maximum atomic E-state index is 12.3. The molecule has 0 saturated carbocycles. The van der Waals surface area contributed by atoms with E-state index < -0.39 is 35.2 Å². The van der Waals surface area contributed by atoms with E-state index in [2.05, 4.69) is 5.32 Å². The van der Waals surface area contributed by atoms with Crippen LogP contribution >= 0.6 is 11.3 Å². The monoisotopic (exact) mass is 313 g/mol. The van der Waals surface area contributed by atoms with Crippen LogP contribution in [0.15, 0.2) is 12.1 Å². The van der Waals surface area contributed by atoms with Gasteiger partial charge in [-0.2, -0.15) is 0 Å². The number of carbonyl (C=O) groups is 3. The number of thiophene rings is 1. The van der Waals surface area contributed by atoms with Gasteiger partial charge in [0, 0.05) is 19.2 Å². The smallest absolute Gasteiger partial charge is 0.324 e. The normalized spacial score (nSPS) is 18.2. The van der Waals surface area contributed by atoms with Crippen LogP contribution in [0, 0.1) is 10.1 Å². The SMILES string of the molecule is O=C(O)CC1C(=O)NCCN1C(=O)c1ccc([N+](=O)[O-])s1. The Hall–Kier alpha value is -2.49. The molecule has 1 aliphatic rings. The lowest BCUT2D eigenvalue weighted by molar-refractivity contribution is -0.380. The maximum absolute atomic E-state index is 12.3. The topological polar surface area (TPSA) is 130 Å². The Morgan fingerprint density at radius 1 is 1.52 bits per heavy atom. The molecule has 0 spiro atoms. The largest absolute Gasteiger partial charge is 0.481 e. The third-order valence-electron chi connectivity index (χ3n) is 2.94. The first kappa shape index (κ1) is 14.9. The van der Waals surface area contributed by atoms with E-state index in [4.69, 9.17) is 5.11 Å². The molecule has 1 unspecified atom stereocenters. The van der Waals surface area contributed by atoms with E-state index in [-0.39, 0.29) is 23.0 Å². The summed E-state index contributed by atoms with van der Waals surface area (Å²) in [7, 11) is 0. The second-order valence-electron chi connectivity index (χ2n) is 4.30. The summed E-state index contributed by atoms with van der Waals surface area (Å²) in [5.41, 5.74) is 0. The second-order valence-corrected chi connectivity index (χ2v) is 5.36.